The molecule has 1 aromatic heterocycles. The molecular weight excluding hydrogens is 361 g/mol. The number of hydrogen-bond acceptors (Lipinski definition) is 5. The molecule has 3 rings (SSSR count). The van der Waals surface area contributed by atoms with Crippen LogP contribution in [0.1, 0.15) is 28.4 Å². The first kappa shape index (κ1) is 18.8. The predicted octanol–water partition coefficient (Wildman–Crippen LogP) is 3.13. The molecular formula is C18H19F3N4O2. The number of rotatable bonds is 6. The lowest BCUT2D eigenvalue weighted by Crippen LogP contribution is -2.25. The zero-order valence-corrected chi connectivity index (χ0v) is 14.9. The summed E-state index contributed by atoms with van der Waals surface area (Å²) in [5.74, 6) is -2.52. The molecule has 9 heteroatoms. The maximum atomic E-state index is 13.8. The number of amides is 1. The summed E-state index contributed by atoms with van der Waals surface area (Å²) in [7, 11) is 1.95. The van der Waals surface area contributed by atoms with E-state index >= 15 is 0 Å². The van der Waals surface area contributed by atoms with Crippen molar-refractivity contribution in [3.05, 3.63) is 46.9 Å². The minimum absolute atomic E-state index is 0.0776. The Morgan fingerprint density at radius 3 is 2.89 bits per heavy atom. The molecule has 144 valence electrons. The Morgan fingerprint density at radius 2 is 2.22 bits per heavy atom. The lowest BCUT2D eigenvalue weighted by molar-refractivity contribution is -0.0553. The maximum absolute atomic E-state index is 13.8. The first-order valence-corrected chi connectivity index (χ1v) is 8.39. The van der Waals surface area contributed by atoms with E-state index in [2.05, 4.69) is 20.4 Å². The van der Waals surface area contributed by atoms with Crippen LogP contribution in [0.5, 0.6) is 5.88 Å². The van der Waals surface area contributed by atoms with E-state index in [-0.39, 0.29) is 12.1 Å². The monoisotopic (exact) mass is 380 g/mol. The van der Waals surface area contributed by atoms with Crippen LogP contribution in [0.15, 0.2) is 24.4 Å². The molecule has 0 radical (unpaired) electrons. The second-order valence-electron chi connectivity index (χ2n) is 6.06. The largest absolute Gasteiger partial charge is 0.414 e. The quantitative estimate of drug-likeness (QED) is 0.806. The van der Waals surface area contributed by atoms with Crippen molar-refractivity contribution in [1.82, 2.24) is 10.3 Å². The summed E-state index contributed by atoms with van der Waals surface area (Å²) in [5.41, 5.74) is 3.99. The van der Waals surface area contributed by atoms with Gasteiger partial charge in [0.2, 0.25) is 0 Å². The fraction of sp³-hybridized carbons (Fsp3) is 0.333. The number of alkyl halides is 2. The summed E-state index contributed by atoms with van der Waals surface area (Å²) in [4.78, 5) is 17.8. The molecule has 1 amide bonds. The van der Waals surface area contributed by atoms with E-state index in [1.54, 1.807) is 0 Å². The van der Waals surface area contributed by atoms with Gasteiger partial charge in [-0.25, -0.2) is 9.37 Å². The van der Waals surface area contributed by atoms with Crippen LogP contribution in [0.3, 0.4) is 0 Å². The van der Waals surface area contributed by atoms with Gasteiger partial charge in [-0.3, -0.25) is 4.79 Å². The van der Waals surface area contributed by atoms with Crippen LogP contribution >= 0.6 is 0 Å². The van der Waals surface area contributed by atoms with Gasteiger partial charge in [-0.2, -0.15) is 8.78 Å². The van der Waals surface area contributed by atoms with E-state index in [0.29, 0.717) is 6.67 Å². The number of fused-ring (bicyclic) bond motifs is 1. The van der Waals surface area contributed by atoms with Crippen molar-refractivity contribution in [2.24, 2.45) is 0 Å². The second kappa shape index (κ2) is 7.73. The molecule has 0 atom stereocenters. The highest BCUT2D eigenvalue weighted by molar-refractivity contribution is 5.94. The van der Waals surface area contributed by atoms with Crippen LogP contribution < -0.4 is 20.3 Å². The molecule has 0 bridgehead atoms. The molecule has 2 aromatic rings. The molecule has 6 nitrogen and oxygen atoms in total. The highest BCUT2D eigenvalue weighted by Gasteiger charge is 2.22. The van der Waals surface area contributed by atoms with Crippen LogP contribution in [0.25, 0.3) is 0 Å². The van der Waals surface area contributed by atoms with E-state index in [1.807, 2.05) is 31.0 Å². The van der Waals surface area contributed by atoms with Gasteiger partial charge in [0, 0.05) is 19.8 Å². The SMILES string of the molecule is CCc1ccc2c(c1CNC(=O)c1cnc(OC(F)F)c(F)c1)N(C)CN2. The molecule has 0 aliphatic carbocycles. The zero-order chi connectivity index (χ0) is 19.6. The third kappa shape index (κ3) is 3.91. The lowest BCUT2D eigenvalue weighted by atomic mass is 10.0. The average Bonchev–Trinajstić information content (AvgIpc) is 3.02. The number of aryl methyl sites for hydroxylation is 1. The van der Waals surface area contributed by atoms with Crippen molar-refractivity contribution in [1.29, 1.82) is 0 Å². The zero-order valence-electron chi connectivity index (χ0n) is 14.9. The molecule has 27 heavy (non-hydrogen) atoms. The summed E-state index contributed by atoms with van der Waals surface area (Å²) in [6, 6.07) is 4.83. The van der Waals surface area contributed by atoms with E-state index in [9.17, 15) is 18.0 Å². The van der Waals surface area contributed by atoms with Gasteiger partial charge in [0.25, 0.3) is 11.8 Å². The van der Waals surface area contributed by atoms with Crippen molar-refractivity contribution >= 4 is 17.3 Å². The molecule has 2 heterocycles. The fourth-order valence-corrected chi connectivity index (χ4v) is 3.06. The minimum atomic E-state index is -3.19. The average molecular weight is 380 g/mol. The Labute approximate surface area is 154 Å². The molecule has 1 aliphatic rings. The second-order valence-corrected chi connectivity index (χ2v) is 6.06. The van der Waals surface area contributed by atoms with Crippen LogP contribution in [0, 0.1) is 5.82 Å². The van der Waals surface area contributed by atoms with Gasteiger partial charge in [-0.05, 0) is 29.7 Å². The first-order valence-electron chi connectivity index (χ1n) is 8.39. The third-order valence-electron chi connectivity index (χ3n) is 4.35. The Kier molecular flexibility index (Phi) is 5.38. The normalized spacial score (nSPS) is 12.7. The van der Waals surface area contributed by atoms with E-state index in [4.69, 9.17) is 0 Å². The topological polar surface area (TPSA) is 66.5 Å². The molecule has 0 fully saturated rings. The van der Waals surface area contributed by atoms with Crippen molar-refractivity contribution in [3.8, 4) is 5.88 Å². The lowest BCUT2D eigenvalue weighted by Gasteiger charge is -2.19. The van der Waals surface area contributed by atoms with Crippen molar-refractivity contribution in [2.75, 3.05) is 23.9 Å². The molecule has 2 N–H and O–H groups in total. The Hall–Kier alpha value is -2.97. The third-order valence-corrected chi connectivity index (χ3v) is 4.35. The van der Waals surface area contributed by atoms with Gasteiger partial charge in [0.05, 0.1) is 23.6 Å². The standard InChI is InChI=1S/C18H19F3N4O2/c1-3-10-4-5-14-15(25(2)9-24-14)12(10)8-22-16(26)11-6-13(19)17(23-7-11)27-18(20)21/h4-7,18,24H,3,8-9H2,1-2H3,(H,22,26). The predicted molar refractivity (Wildman–Crippen MR) is 94.7 cm³/mol. The Bertz CT molecular complexity index is 861. The van der Waals surface area contributed by atoms with Gasteiger partial charge < -0.3 is 20.3 Å². The number of ether oxygens (including phenoxy) is 1. The van der Waals surface area contributed by atoms with E-state index in [1.165, 1.54) is 0 Å². The number of nitrogens with zero attached hydrogens (tertiary/aromatic N) is 2. The highest BCUT2D eigenvalue weighted by atomic mass is 19.3. The number of pyridine rings is 1. The van der Waals surface area contributed by atoms with Gasteiger partial charge in [0.15, 0.2) is 5.82 Å². The van der Waals surface area contributed by atoms with Gasteiger partial charge >= 0.3 is 6.61 Å². The van der Waals surface area contributed by atoms with E-state index < -0.39 is 24.2 Å². The molecule has 0 unspecified atom stereocenters. The molecule has 0 spiro atoms. The van der Waals surface area contributed by atoms with Gasteiger partial charge in [0.1, 0.15) is 0 Å². The number of aromatic nitrogens is 1. The summed E-state index contributed by atoms with van der Waals surface area (Å²) in [6.07, 6.45) is 1.79. The number of benzene rings is 1. The molecule has 1 aliphatic heterocycles. The molecule has 0 saturated heterocycles. The summed E-state index contributed by atoms with van der Waals surface area (Å²) in [5, 5.41) is 6.01. The summed E-state index contributed by atoms with van der Waals surface area (Å²) in [6.45, 7) is -0.251. The van der Waals surface area contributed by atoms with Crippen molar-refractivity contribution in [3.63, 3.8) is 0 Å². The molecule has 1 aromatic carbocycles. The Morgan fingerprint density at radius 1 is 1.44 bits per heavy atom. The highest BCUT2D eigenvalue weighted by Crippen LogP contribution is 2.36. The summed E-state index contributed by atoms with van der Waals surface area (Å²) < 4.78 is 42.0. The van der Waals surface area contributed by atoms with Gasteiger partial charge in [-0.1, -0.05) is 13.0 Å². The number of carbonyl (C=O) groups is 1. The fourth-order valence-electron chi connectivity index (χ4n) is 3.06. The Balaban J connectivity index is 1.77. The van der Waals surface area contributed by atoms with Crippen molar-refractivity contribution < 1.29 is 22.7 Å². The number of nitrogens with one attached hydrogen (secondary N) is 2. The number of halogens is 3. The van der Waals surface area contributed by atoms with Crippen LogP contribution in [0.4, 0.5) is 24.5 Å². The molecule has 0 saturated carbocycles. The first-order chi connectivity index (χ1) is 12.9. The number of anilines is 2. The van der Waals surface area contributed by atoms with E-state index in [0.717, 1.165) is 41.2 Å². The van der Waals surface area contributed by atoms with Crippen LogP contribution in [-0.2, 0) is 13.0 Å². The van der Waals surface area contributed by atoms with Crippen LogP contribution in [0.2, 0.25) is 0 Å². The maximum Gasteiger partial charge on any atom is 0.388 e. The van der Waals surface area contributed by atoms with Crippen molar-refractivity contribution in [2.45, 2.75) is 26.5 Å². The number of hydrogen-bond donors (Lipinski definition) is 2. The summed E-state index contributed by atoms with van der Waals surface area (Å²) >= 11 is 0. The van der Waals surface area contributed by atoms with Crippen LogP contribution in [-0.4, -0.2) is 31.2 Å². The minimum Gasteiger partial charge on any atom is -0.414 e. The number of carbonyl (C=O) groups excluding carboxylic acids is 1. The van der Waals surface area contributed by atoms with Gasteiger partial charge in [-0.15, -0.1) is 0 Å². The smallest absolute Gasteiger partial charge is 0.388 e.